The van der Waals surface area contributed by atoms with Gasteiger partial charge in [-0.05, 0) is 61.0 Å². The van der Waals surface area contributed by atoms with Gasteiger partial charge in [0.05, 0.1) is 11.6 Å². The molecule has 1 N–H and O–H groups in total. The summed E-state index contributed by atoms with van der Waals surface area (Å²) in [5.41, 5.74) is 1.95. The van der Waals surface area contributed by atoms with E-state index < -0.39 is 0 Å². The van der Waals surface area contributed by atoms with Gasteiger partial charge in [-0.3, -0.25) is 0 Å². The molecule has 1 aromatic heterocycles. The molecule has 0 spiro atoms. The Labute approximate surface area is 170 Å². The van der Waals surface area contributed by atoms with Gasteiger partial charge in [-0.25, -0.2) is 0 Å². The van der Waals surface area contributed by atoms with Crippen LogP contribution in [0.3, 0.4) is 0 Å². The lowest BCUT2D eigenvalue weighted by atomic mass is 10.1. The topological polar surface area (TPSA) is 25.2 Å². The second-order valence-corrected chi connectivity index (χ2v) is 7.72. The molecular weight excluding hydrogens is 444 g/mol. The summed E-state index contributed by atoms with van der Waals surface area (Å²) in [6, 6.07) is 15.2. The molecule has 0 bridgehead atoms. The third-order valence-electron chi connectivity index (χ3n) is 3.74. The highest BCUT2D eigenvalue weighted by Crippen LogP contribution is 2.31. The molecule has 0 saturated carbocycles. The van der Waals surface area contributed by atoms with E-state index in [1.807, 2.05) is 42.5 Å². The fraction of sp³-hybridized carbons (Fsp3) is 0.158. The zero-order chi connectivity index (χ0) is 17.8. The quantitative estimate of drug-likeness (QED) is 0.402. The first kappa shape index (κ1) is 18.8. The van der Waals surface area contributed by atoms with Gasteiger partial charge in [-0.2, -0.15) is 0 Å². The molecule has 0 unspecified atom stereocenters. The summed E-state index contributed by atoms with van der Waals surface area (Å²) in [5, 5.41) is 5.35. The van der Waals surface area contributed by atoms with Crippen LogP contribution < -0.4 is 5.32 Å². The van der Waals surface area contributed by atoms with E-state index in [0.29, 0.717) is 21.6 Å². The van der Waals surface area contributed by atoms with Crippen molar-refractivity contribution < 1.29 is 4.42 Å². The number of rotatable bonds is 6. The van der Waals surface area contributed by atoms with Crippen molar-refractivity contribution in [3.05, 3.63) is 79.4 Å². The second-order valence-electron chi connectivity index (χ2n) is 5.55. The Morgan fingerprint density at radius 1 is 0.920 bits per heavy atom. The zero-order valence-electron chi connectivity index (χ0n) is 13.2. The largest absolute Gasteiger partial charge is 0.460 e. The van der Waals surface area contributed by atoms with E-state index in [4.69, 9.17) is 39.2 Å². The van der Waals surface area contributed by atoms with Gasteiger partial charge in [0.25, 0.3) is 0 Å². The summed E-state index contributed by atoms with van der Waals surface area (Å²) in [7, 11) is 0. The molecule has 25 heavy (non-hydrogen) atoms. The highest BCUT2D eigenvalue weighted by molar-refractivity contribution is 9.10. The lowest BCUT2D eigenvalue weighted by molar-refractivity contribution is 0.495. The summed E-state index contributed by atoms with van der Waals surface area (Å²) < 4.78 is 6.82. The summed E-state index contributed by atoms with van der Waals surface area (Å²) in [6.45, 7) is 1.43. The second kappa shape index (κ2) is 8.61. The van der Waals surface area contributed by atoms with Crippen LogP contribution in [0.1, 0.15) is 11.3 Å². The lowest BCUT2D eigenvalue weighted by Crippen LogP contribution is -2.16. The SMILES string of the molecule is Clc1ccc(CCNCc2ccc(-c3ccc(Br)cc3Cl)o2)c(Cl)c1. The van der Waals surface area contributed by atoms with Gasteiger partial charge in [0, 0.05) is 20.1 Å². The maximum atomic E-state index is 6.27. The third kappa shape index (κ3) is 5.02. The Morgan fingerprint density at radius 2 is 1.76 bits per heavy atom. The molecule has 0 aliphatic carbocycles. The normalized spacial score (nSPS) is 11.0. The predicted octanol–water partition coefficient (Wildman–Crippen LogP) is 7.00. The molecule has 1 heterocycles. The minimum Gasteiger partial charge on any atom is -0.460 e. The fourth-order valence-corrected chi connectivity index (χ4v) is 3.74. The van der Waals surface area contributed by atoms with Gasteiger partial charge in [-0.1, -0.05) is 56.8 Å². The van der Waals surface area contributed by atoms with Crippen LogP contribution >= 0.6 is 50.7 Å². The molecule has 2 nitrogen and oxygen atoms in total. The Hall–Kier alpha value is -0.970. The number of hydrogen-bond donors (Lipinski definition) is 1. The van der Waals surface area contributed by atoms with E-state index in [-0.39, 0.29) is 0 Å². The van der Waals surface area contributed by atoms with Gasteiger partial charge in [0.15, 0.2) is 0 Å². The molecule has 130 valence electrons. The minimum atomic E-state index is 0.638. The smallest absolute Gasteiger partial charge is 0.135 e. The summed E-state index contributed by atoms with van der Waals surface area (Å²) in [5.74, 6) is 1.62. The van der Waals surface area contributed by atoms with Crippen LogP contribution in [0.5, 0.6) is 0 Å². The number of nitrogens with one attached hydrogen (secondary N) is 1. The first-order valence-corrected chi connectivity index (χ1v) is 9.64. The van der Waals surface area contributed by atoms with Gasteiger partial charge in [0.2, 0.25) is 0 Å². The molecule has 0 saturated heterocycles. The van der Waals surface area contributed by atoms with Crippen LogP contribution in [0.25, 0.3) is 11.3 Å². The van der Waals surface area contributed by atoms with E-state index in [1.54, 1.807) is 6.07 Å². The maximum absolute atomic E-state index is 6.27. The van der Waals surface area contributed by atoms with E-state index in [0.717, 1.165) is 40.1 Å². The van der Waals surface area contributed by atoms with Crippen LogP contribution in [0.15, 0.2) is 57.4 Å². The first-order valence-electron chi connectivity index (χ1n) is 7.72. The van der Waals surface area contributed by atoms with Crippen molar-refractivity contribution in [3.8, 4) is 11.3 Å². The van der Waals surface area contributed by atoms with Crippen molar-refractivity contribution in [1.82, 2.24) is 5.32 Å². The molecule has 2 aromatic carbocycles. The van der Waals surface area contributed by atoms with Gasteiger partial charge >= 0.3 is 0 Å². The molecule has 0 aliphatic rings. The van der Waals surface area contributed by atoms with Crippen LogP contribution in [0.4, 0.5) is 0 Å². The van der Waals surface area contributed by atoms with Crippen LogP contribution in [0.2, 0.25) is 15.1 Å². The van der Waals surface area contributed by atoms with E-state index in [2.05, 4.69) is 21.2 Å². The van der Waals surface area contributed by atoms with Crippen LogP contribution in [0, 0.1) is 0 Å². The maximum Gasteiger partial charge on any atom is 0.135 e. The molecule has 3 rings (SSSR count). The van der Waals surface area contributed by atoms with E-state index in [9.17, 15) is 0 Å². The molecule has 0 aliphatic heterocycles. The zero-order valence-corrected chi connectivity index (χ0v) is 17.0. The minimum absolute atomic E-state index is 0.638. The summed E-state index contributed by atoms with van der Waals surface area (Å²) in [4.78, 5) is 0. The number of benzene rings is 2. The average molecular weight is 460 g/mol. The molecule has 0 atom stereocenters. The van der Waals surface area contributed by atoms with Crippen molar-refractivity contribution in [3.63, 3.8) is 0 Å². The average Bonchev–Trinajstić information content (AvgIpc) is 3.02. The Morgan fingerprint density at radius 3 is 2.52 bits per heavy atom. The van der Waals surface area contributed by atoms with Gasteiger partial charge < -0.3 is 9.73 Å². The molecule has 6 heteroatoms. The molecular formula is C19H15BrCl3NO. The van der Waals surface area contributed by atoms with Crippen LogP contribution in [-0.4, -0.2) is 6.54 Å². The van der Waals surface area contributed by atoms with E-state index in [1.165, 1.54) is 0 Å². The van der Waals surface area contributed by atoms with Crippen LogP contribution in [-0.2, 0) is 13.0 Å². The van der Waals surface area contributed by atoms with Crippen molar-refractivity contribution in [2.75, 3.05) is 6.54 Å². The van der Waals surface area contributed by atoms with Crippen molar-refractivity contribution in [2.24, 2.45) is 0 Å². The van der Waals surface area contributed by atoms with Gasteiger partial charge in [-0.15, -0.1) is 0 Å². The van der Waals surface area contributed by atoms with Crippen molar-refractivity contribution in [1.29, 1.82) is 0 Å². The van der Waals surface area contributed by atoms with Gasteiger partial charge in [0.1, 0.15) is 11.5 Å². The van der Waals surface area contributed by atoms with Crippen molar-refractivity contribution in [2.45, 2.75) is 13.0 Å². The molecule has 3 aromatic rings. The monoisotopic (exact) mass is 457 g/mol. The number of halogens is 4. The highest BCUT2D eigenvalue weighted by Gasteiger charge is 2.09. The Balaban J connectivity index is 1.55. The molecule has 0 fully saturated rings. The third-order valence-corrected chi connectivity index (χ3v) is 5.14. The Bertz CT molecular complexity index is 879. The molecule has 0 radical (unpaired) electrons. The number of hydrogen-bond acceptors (Lipinski definition) is 2. The Kier molecular flexibility index (Phi) is 6.48. The number of furan rings is 1. The summed E-state index contributed by atoms with van der Waals surface area (Å²) in [6.07, 6.45) is 0.822. The standard InChI is InChI=1S/C19H15BrCl3NO/c20-13-2-5-16(18(23)9-13)19-6-4-15(25-19)11-24-8-7-12-1-3-14(21)10-17(12)22/h1-6,9-10,24H,7-8,11H2. The highest BCUT2D eigenvalue weighted by atomic mass is 79.9. The predicted molar refractivity (Wildman–Crippen MR) is 109 cm³/mol. The first-order chi connectivity index (χ1) is 12.0. The summed E-state index contributed by atoms with van der Waals surface area (Å²) >= 11 is 21.8. The lowest BCUT2D eigenvalue weighted by Gasteiger charge is -2.06. The van der Waals surface area contributed by atoms with Crippen molar-refractivity contribution >= 4 is 50.7 Å². The fourth-order valence-electron chi connectivity index (χ4n) is 2.47. The molecule has 0 amide bonds. The van der Waals surface area contributed by atoms with E-state index >= 15 is 0 Å².